The van der Waals surface area contributed by atoms with E-state index in [1.165, 1.54) is 24.3 Å². The molecule has 1 aliphatic rings. The van der Waals surface area contributed by atoms with Gasteiger partial charge in [0.2, 0.25) is 11.8 Å². The van der Waals surface area contributed by atoms with Gasteiger partial charge in [-0.2, -0.15) is 0 Å². The number of nitro benzene ring substituents is 1. The molecule has 1 heterocycles. The van der Waals surface area contributed by atoms with Gasteiger partial charge in [0.1, 0.15) is 6.61 Å². The number of carbonyl (C=O) groups excluding carboxylic acids is 4. The van der Waals surface area contributed by atoms with E-state index in [4.69, 9.17) is 16.3 Å². The number of nitrogens with one attached hydrogen (secondary N) is 1. The second kappa shape index (κ2) is 9.35. The van der Waals surface area contributed by atoms with Gasteiger partial charge in [-0.05, 0) is 24.3 Å². The molecule has 3 amide bonds. The van der Waals surface area contributed by atoms with Crippen LogP contribution < -0.4 is 10.2 Å². The number of carbonyl (C=O) groups is 4. The van der Waals surface area contributed by atoms with Crippen LogP contribution >= 0.6 is 11.6 Å². The molecule has 0 spiro atoms. The molecule has 2 aromatic rings. The minimum atomic E-state index is -0.691. The summed E-state index contributed by atoms with van der Waals surface area (Å²) in [5.41, 5.74) is 0.249. The fourth-order valence-electron chi connectivity index (χ4n) is 2.93. The van der Waals surface area contributed by atoms with Crippen molar-refractivity contribution in [3.63, 3.8) is 0 Å². The molecule has 2 aromatic carbocycles. The molecule has 160 valence electrons. The number of benzene rings is 2. The lowest BCUT2D eigenvalue weighted by Crippen LogP contribution is -2.29. The largest absolute Gasteiger partial charge is 0.460 e. The van der Waals surface area contributed by atoms with Gasteiger partial charge in [0.05, 0.1) is 33.3 Å². The number of non-ortho nitro benzene ring substituents is 1. The number of rotatable bonds is 7. The maximum atomic E-state index is 12.2. The van der Waals surface area contributed by atoms with Gasteiger partial charge in [-0.3, -0.25) is 29.4 Å². The number of hydrogen-bond donors (Lipinski definition) is 1. The first-order valence-corrected chi connectivity index (χ1v) is 9.51. The van der Waals surface area contributed by atoms with Crippen LogP contribution in [0, 0.1) is 10.1 Å². The first-order chi connectivity index (χ1) is 14.8. The van der Waals surface area contributed by atoms with Gasteiger partial charge < -0.3 is 10.1 Å². The highest BCUT2D eigenvalue weighted by molar-refractivity contribution is 6.34. The van der Waals surface area contributed by atoms with Crippen molar-refractivity contribution in [3.05, 3.63) is 68.7 Å². The molecule has 1 N–H and O–H groups in total. The topological polar surface area (TPSA) is 136 Å². The Bertz CT molecular complexity index is 1070. The SMILES string of the molecule is O=C(OCCNC(=O)c1ccc([N+](=O)[O-])cc1Cl)c1cccc(N2C(=O)CCC2=O)c1. The van der Waals surface area contributed by atoms with Crippen molar-refractivity contribution < 1.29 is 28.8 Å². The molecular weight excluding hydrogens is 430 g/mol. The molecule has 0 atom stereocenters. The first kappa shape index (κ1) is 21.9. The zero-order valence-electron chi connectivity index (χ0n) is 16.0. The third kappa shape index (κ3) is 5.04. The molecule has 0 radical (unpaired) electrons. The standard InChI is InChI=1S/C20H16ClN3O7/c21-16-11-14(24(29)30)4-5-15(16)19(27)22-8-9-31-20(28)12-2-1-3-13(10-12)23-17(25)6-7-18(23)26/h1-5,10-11H,6-9H2,(H,22,27). The maximum absolute atomic E-state index is 12.2. The number of anilines is 1. The maximum Gasteiger partial charge on any atom is 0.338 e. The highest BCUT2D eigenvalue weighted by Gasteiger charge is 2.30. The van der Waals surface area contributed by atoms with E-state index in [-0.39, 0.29) is 59.6 Å². The van der Waals surface area contributed by atoms with E-state index in [9.17, 15) is 29.3 Å². The molecule has 10 nitrogen and oxygen atoms in total. The smallest absolute Gasteiger partial charge is 0.338 e. The summed E-state index contributed by atoms with van der Waals surface area (Å²) in [6.07, 6.45) is 0.262. The van der Waals surface area contributed by atoms with Crippen molar-refractivity contribution in [1.82, 2.24) is 5.32 Å². The number of amides is 3. The van der Waals surface area contributed by atoms with Crippen LogP contribution in [0.2, 0.25) is 5.02 Å². The monoisotopic (exact) mass is 445 g/mol. The first-order valence-electron chi connectivity index (χ1n) is 9.13. The number of esters is 1. The number of nitro groups is 1. The van der Waals surface area contributed by atoms with Gasteiger partial charge >= 0.3 is 5.97 Å². The number of ether oxygens (including phenoxy) is 1. The Labute approximate surface area is 180 Å². The summed E-state index contributed by atoms with van der Waals surface area (Å²) >= 11 is 5.90. The summed E-state index contributed by atoms with van der Waals surface area (Å²) in [5.74, 6) is -1.93. The average molecular weight is 446 g/mol. The van der Waals surface area contributed by atoms with Crippen molar-refractivity contribution in [1.29, 1.82) is 0 Å². The molecule has 1 fully saturated rings. The van der Waals surface area contributed by atoms with E-state index < -0.39 is 16.8 Å². The van der Waals surface area contributed by atoms with Crippen molar-refractivity contribution in [2.45, 2.75) is 12.8 Å². The number of nitrogens with zero attached hydrogens (tertiary/aromatic N) is 2. The lowest BCUT2D eigenvalue weighted by molar-refractivity contribution is -0.384. The quantitative estimate of drug-likeness (QED) is 0.227. The number of imide groups is 1. The Morgan fingerprint density at radius 3 is 2.48 bits per heavy atom. The van der Waals surface area contributed by atoms with E-state index in [0.29, 0.717) is 5.69 Å². The lowest BCUT2D eigenvalue weighted by Gasteiger charge is -2.14. The molecule has 0 bridgehead atoms. The van der Waals surface area contributed by atoms with Gasteiger partial charge in [0, 0.05) is 25.0 Å². The van der Waals surface area contributed by atoms with Gasteiger partial charge in [-0.1, -0.05) is 17.7 Å². The summed E-state index contributed by atoms with van der Waals surface area (Å²) in [4.78, 5) is 59.2. The molecule has 0 aromatic heterocycles. The van der Waals surface area contributed by atoms with Gasteiger partial charge in [0.15, 0.2) is 0 Å². The van der Waals surface area contributed by atoms with Crippen LogP contribution in [0.25, 0.3) is 0 Å². The van der Waals surface area contributed by atoms with Gasteiger partial charge in [-0.25, -0.2) is 4.79 Å². The van der Waals surface area contributed by atoms with Gasteiger partial charge in [0.25, 0.3) is 11.6 Å². The predicted octanol–water partition coefficient (Wildman–Crippen LogP) is 2.49. The highest BCUT2D eigenvalue weighted by atomic mass is 35.5. The van der Waals surface area contributed by atoms with E-state index >= 15 is 0 Å². The lowest BCUT2D eigenvalue weighted by atomic mass is 10.2. The molecule has 1 saturated heterocycles. The predicted molar refractivity (Wildman–Crippen MR) is 109 cm³/mol. The van der Waals surface area contributed by atoms with Crippen LogP contribution in [-0.2, 0) is 14.3 Å². The van der Waals surface area contributed by atoms with Crippen LogP contribution in [0.1, 0.15) is 33.6 Å². The third-order valence-electron chi connectivity index (χ3n) is 4.42. The van der Waals surface area contributed by atoms with Crippen molar-refractivity contribution in [3.8, 4) is 0 Å². The normalized spacial score (nSPS) is 13.3. The summed E-state index contributed by atoms with van der Waals surface area (Å²) in [5, 5.41) is 13.1. The van der Waals surface area contributed by atoms with Crippen molar-refractivity contribution >= 4 is 46.7 Å². The summed E-state index contributed by atoms with van der Waals surface area (Å²) < 4.78 is 5.10. The molecule has 0 unspecified atom stereocenters. The molecule has 11 heteroatoms. The molecule has 0 saturated carbocycles. The zero-order valence-corrected chi connectivity index (χ0v) is 16.8. The van der Waals surface area contributed by atoms with Crippen LogP contribution in [0.4, 0.5) is 11.4 Å². The Kier molecular flexibility index (Phi) is 6.61. The van der Waals surface area contributed by atoms with E-state index in [1.54, 1.807) is 6.07 Å². The highest BCUT2D eigenvalue weighted by Crippen LogP contribution is 2.24. The minimum absolute atomic E-state index is 0.0271. The fourth-order valence-corrected chi connectivity index (χ4v) is 3.19. The molecular formula is C20H16ClN3O7. The zero-order chi connectivity index (χ0) is 22.5. The molecule has 1 aliphatic heterocycles. The Morgan fingerprint density at radius 1 is 1.13 bits per heavy atom. The Balaban J connectivity index is 1.53. The second-order valence-corrected chi connectivity index (χ2v) is 6.89. The van der Waals surface area contributed by atoms with Crippen molar-refractivity contribution in [2.75, 3.05) is 18.1 Å². The third-order valence-corrected chi connectivity index (χ3v) is 4.73. The molecule has 0 aliphatic carbocycles. The van der Waals surface area contributed by atoms with Crippen molar-refractivity contribution in [2.24, 2.45) is 0 Å². The van der Waals surface area contributed by atoms with Crippen LogP contribution in [0.3, 0.4) is 0 Å². The average Bonchev–Trinajstić information content (AvgIpc) is 3.08. The minimum Gasteiger partial charge on any atom is -0.460 e. The van der Waals surface area contributed by atoms with E-state index in [2.05, 4.69) is 5.32 Å². The molecule has 31 heavy (non-hydrogen) atoms. The van der Waals surface area contributed by atoms with E-state index in [0.717, 1.165) is 17.0 Å². The summed E-state index contributed by atoms with van der Waals surface area (Å²) in [6, 6.07) is 9.40. The van der Waals surface area contributed by atoms with Crippen LogP contribution in [-0.4, -0.2) is 41.8 Å². The second-order valence-electron chi connectivity index (χ2n) is 6.49. The fraction of sp³-hybridized carbons (Fsp3) is 0.200. The summed E-state index contributed by atoms with van der Waals surface area (Å²) in [7, 11) is 0. The number of hydrogen-bond acceptors (Lipinski definition) is 7. The summed E-state index contributed by atoms with van der Waals surface area (Å²) in [6.45, 7) is -0.179. The van der Waals surface area contributed by atoms with Crippen LogP contribution in [0.5, 0.6) is 0 Å². The molecule has 3 rings (SSSR count). The Hall–Kier alpha value is -3.79. The van der Waals surface area contributed by atoms with Gasteiger partial charge in [-0.15, -0.1) is 0 Å². The number of halogens is 1. The Morgan fingerprint density at radius 2 is 1.84 bits per heavy atom. The van der Waals surface area contributed by atoms with E-state index in [1.807, 2.05) is 0 Å². The van der Waals surface area contributed by atoms with Crippen LogP contribution in [0.15, 0.2) is 42.5 Å².